The number of carbonyl (C=O) groups excluding carboxylic acids is 2. The van der Waals surface area contributed by atoms with E-state index in [0.717, 1.165) is 0 Å². The molecule has 0 heterocycles. The van der Waals surface area contributed by atoms with Crippen LogP contribution in [-0.2, 0) is 14.4 Å². The van der Waals surface area contributed by atoms with Gasteiger partial charge in [0.25, 0.3) is 0 Å². The highest BCUT2D eigenvalue weighted by Crippen LogP contribution is 2.20. The first-order valence-electron chi connectivity index (χ1n) is 5.74. The molecule has 2 N–H and O–H groups in total. The molecule has 0 aromatic rings. The highest BCUT2D eigenvalue weighted by atomic mass is 16.4. The molecule has 0 aliphatic carbocycles. The highest BCUT2D eigenvalue weighted by molar-refractivity contribution is 5.87. The number of carboxylic acid groups (broad SMARTS) is 1. The van der Waals surface area contributed by atoms with E-state index in [9.17, 15) is 14.4 Å². The molecule has 0 aromatic heterocycles. The molecule has 5 nitrogen and oxygen atoms in total. The number of Topliss-reactive ketones (excluding diaryl/α,β-unsaturated/α-hetero) is 1. The number of ketones is 1. The van der Waals surface area contributed by atoms with Crippen molar-refractivity contribution in [3.8, 4) is 0 Å². The summed E-state index contributed by atoms with van der Waals surface area (Å²) in [6, 6.07) is -0.989. The monoisotopic (exact) mass is 243 g/mol. The first kappa shape index (κ1) is 15.6. The van der Waals surface area contributed by atoms with Crippen LogP contribution < -0.4 is 5.32 Å². The fourth-order valence-electron chi connectivity index (χ4n) is 1.12. The molecule has 0 radical (unpaired) electrons. The summed E-state index contributed by atoms with van der Waals surface area (Å²) in [4.78, 5) is 33.5. The minimum atomic E-state index is -1.11. The number of carboxylic acids is 1. The van der Waals surface area contributed by atoms with E-state index in [4.69, 9.17) is 5.11 Å². The Morgan fingerprint density at radius 2 is 1.82 bits per heavy atom. The standard InChI is InChI=1S/C12H21NO4/c1-5-12(3,4)11(17)13-9(10(15)16)7-6-8(2)14/h9H,5-7H2,1-4H3,(H,13,17)(H,15,16). The molecule has 0 saturated heterocycles. The van der Waals surface area contributed by atoms with Gasteiger partial charge in [0.05, 0.1) is 0 Å². The van der Waals surface area contributed by atoms with Crippen molar-refractivity contribution >= 4 is 17.7 Å². The molecule has 1 atom stereocenters. The number of hydrogen-bond donors (Lipinski definition) is 2. The van der Waals surface area contributed by atoms with Gasteiger partial charge < -0.3 is 15.2 Å². The van der Waals surface area contributed by atoms with Crippen LogP contribution in [0.3, 0.4) is 0 Å². The molecule has 17 heavy (non-hydrogen) atoms. The maximum absolute atomic E-state index is 11.8. The number of carbonyl (C=O) groups is 3. The van der Waals surface area contributed by atoms with Crippen molar-refractivity contribution in [2.24, 2.45) is 5.41 Å². The Balaban J connectivity index is 4.50. The van der Waals surface area contributed by atoms with Crippen molar-refractivity contribution in [2.75, 3.05) is 0 Å². The first-order valence-corrected chi connectivity index (χ1v) is 5.74. The number of aliphatic carboxylic acids is 1. The van der Waals surface area contributed by atoms with E-state index in [-0.39, 0.29) is 24.5 Å². The van der Waals surface area contributed by atoms with Crippen molar-refractivity contribution < 1.29 is 19.5 Å². The molecule has 0 spiro atoms. The fraction of sp³-hybridized carbons (Fsp3) is 0.750. The third kappa shape index (κ3) is 5.47. The van der Waals surface area contributed by atoms with Gasteiger partial charge in [0.1, 0.15) is 11.8 Å². The minimum absolute atomic E-state index is 0.0831. The number of nitrogens with one attached hydrogen (secondary N) is 1. The zero-order chi connectivity index (χ0) is 13.6. The number of amides is 1. The van der Waals surface area contributed by atoms with E-state index >= 15 is 0 Å². The molecule has 0 fully saturated rings. The molecule has 0 aliphatic heterocycles. The average molecular weight is 243 g/mol. The quantitative estimate of drug-likeness (QED) is 0.707. The second-order valence-corrected chi connectivity index (χ2v) is 4.84. The van der Waals surface area contributed by atoms with E-state index < -0.39 is 17.4 Å². The second-order valence-electron chi connectivity index (χ2n) is 4.84. The van der Waals surface area contributed by atoms with Gasteiger partial charge in [-0.2, -0.15) is 0 Å². The van der Waals surface area contributed by atoms with Crippen molar-refractivity contribution in [3.05, 3.63) is 0 Å². The zero-order valence-corrected chi connectivity index (χ0v) is 10.9. The Morgan fingerprint density at radius 1 is 1.29 bits per heavy atom. The minimum Gasteiger partial charge on any atom is -0.480 e. The summed E-state index contributed by atoms with van der Waals surface area (Å²) in [7, 11) is 0. The maximum atomic E-state index is 11.8. The summed E-state index contributed by atoms with van der Waals surface area (Å²) >= 11 is 0. The molecule has 0 rings (SSSR count). The van der Waals surface area contributed by atoms with Crippen LogP contribution in [0.1, 0.15) is 47.0 Å². The molecular weight excluding hydrogens is 222 g/mol. The first-order chi connectivity index (χ1) is 7.70. The molecule has 5 heteroatoms. The van der Waals surface area contributed by atoms with Gasteiger partial charge in [0, 0.05) is 11.8 Å². The Morgan fingerprint density at radius 3 is 2.18 bits per heavy atom. The molecular formula is C12H21NO4. The Hall–Kier alpha value is -1.39. The fourth-order valence-corrected chi connectivity index (χ4v) is 1.12. The van der Waals surface area contributed by atoms with Crippen LogP contribution in [0.25, 0.3) is 0 Å². The largest absolute Gasteiger partial charge is 0.480 e. The van der Waals surface area contributed by atoms with Crippen molar-refractivity contribution in [3.63, 3.8) is 0 Å². The van der Waals surface area contributed by atoms with Crippen LogP contribution in [0.2, 0.25) is 0 Å². The molecule has 98 valence electrons. The lowest BCUT2D eigenvalue weighted by molar-refractivity contribution is -0.143. The summed E-state index contributed by atoms with van der Waals surface area (Å²) in [5.74, 6) is -1.48. The van der Waals surface area contributed by atoms with Gasteiger partial charge in [-0.15, -0.1) is 0 Å². The molecule has 0 aromatic carbocycles. The van der Waals surface area contributed by atoms with Crippen molar-refractivity contribution in [1.29, 1.82) is 0 Å². The smallest absolute Gasteiger partial charge is 0.326 e. The van der Waals surface area contributed by atoms with Gasteiger partial charge in [-0.1, -0.05) is 20.8 Å². The van der Waals surface area contributed by atoms with Gasteiger partial charge in [-0.3, -0.25) is 4.79 Å². The average Bonchev–Trinajstić information content (AvgIpc) is 2.22. The van der Waals surface area contributed by atoms with Crippen LogP contribution in [0.5, 0.6) is 0 Å². The zero-order valence-electron chi connectivity index (χ0n) is 10.9. The normalized spacial score (nSPS) is 12.9. The summed E-state index contributed by atoms with van der Waals surface area (Å²) < 4.78 is 0. The maximum Gasteiger partial charge on any atom is 0.326 e. The summed E-state index contributed by atoms with van der Waals surface area (Å²) in [5, 5.41) is 11.4. The molecule has 0 aliphatic rings. The van der Waals surface area contributed by atoms with Crippen LogP contribution in [0, 0.1) is 5.41 Å². The van der Waals surface area contributed by atoms with Gasteiger partial charge in [-0.25, -0.2) is 4.79 Å². The Kier molecular flexibility index (Phi) is 5.85. The SMILES string of the molecule is CCC(C)(C)C(=O)NC(CCC(C)=O)C(=O)O. The highest BCUT2D eigenvalue weighted by Gasteiger charge is 2.29. The third-order valence-electron chi connectivity index (χ3n) is 2.89. The van der Waals surface area contributed by atoms with Gasteiger partial charge in [0.2, 0.25) is 5.91 Å². The van der Waals surface area contributed by atoms with Gasteiger partial charge >= 0.3 is 5.97 Å². The van der Waals surface area contributed by atoms with E-state index in [0.29, 0.717) is 6.42 Å². The molecule has 1 amide bonds. The Labute approximate surface area is 102 Å². The third-order valence-corrected chi connectivity index (χ3v) is 2.89. The second kappa shape index (κ2) is 6.37. The van der Waals surface area contributed by atoms with Crippen molar-refractivity contribution in [2.45, 2.75) is 53.0 Å². The summed E-state index contributed by atoms with van der Waals surface area (Å²) in [5.41, 5.74) is -0.593. The molecule has 1 unspecified atom stereocenters. The number of rotatable bonds is 7. The lowest BCUT2D eigenvalue weighted by atomic mass is 9.89. The van der Waals surface area contributed by atoms with E-state index in [1.807, 2.05) is 6.92 Å². The topological polar surface area (TPSA) is 83.5 Å². The number of hydrogen-bond acceptors (Lipinski definition) is 3. The molecule has 0 saturated carbocycles. The van der Waals surface area contributed by atoms with Crippen LogP contribution in [-0.4, -0.2) is 28.8 Å². The van der Waals surface area contributed by atoms with Gasteiger partial charge in [-0.05, 0) is 19.8 Å². The predicted molar refractivity (Wildman–Crippen MR) is 63.6 cm³/mol. The molecule has 0 bridgehead atoms. The van der Waals surface area contributed by atoms with E-state index in [1.54, 1.807) is 13.8 Å². The van der Waals surface area contributed by atoms with Gasteiger partial charge in [0.15, 0.2) is 0 Å². The summed E-state index contributed by atoms with van der Waals surface area (Å²) in [6.07, 6.45) is 0.915. The predicted octanol–water partition coefficient (Wildman–Crippen LogP) is 1.36. The van der Waals surface area contributed by atoms with E-state index in [1.165, 1.54) is 6.92 Å². The van der Waals surface area contributed by atoms with E-state index in [2.05, 4.69) is 5.32 Å². The lowest BCUT2D eigenvalue weighted by Crippen LogP contribution is -2.46. The van der Waals surface area contributed by atoms with Crippen LogP contribution >= 0.6 is 0 Å². The van der Waals surface area contributed by atoms with Crippen molar-refractivity contribution in [1.82, 2.24) is 5.32 Å². The lowest BCUT2D eigenvalue weighted by Gasteiger charge is -2.24. The van der Waals surface area contributed by atoms with Crippen LogP contribution in [0.4, 0.5) is 0 Å². The summed E-state index contributed by atoms with van der Waals surface area (Å²) in [6.45, 7) is 6.78. The Bertz CT molecular complexity index is 310. The van der Waals surface area contributed by atoms with Crippen LogP contribution in [0.15, 0.2) is 0 Å².